The molecule has 0 atom stereocenters. The molecule has 0 N–H and O–H groups in total. The van der Waals surface area contributed by atoms with Crippen LogP contribution in [0.15, 0.2) is 176 Å². The summed E-state index contributed by atoms with van der Waals surface area (Å²) in [5, 5.41) is 14.0. The van der Waals surface area contributed by atoms with E-state index in [-0.39, 0.29) is 0 Å². The molecule has 1 aliphatic rings. The van der Waals surface area contributed by atoms with Crippen LogP contribution in [0.2, 0.25) is 19.6 Å². The molecule has 0 radical (unpaired) electrons. The van der Waals surface area contributed by atoms with Crippen LogP contribution in [0.25, 0.3) is 98.4 Å². The molecule has 0 spiro atoms. The molecule has 10 aromatic rings. The summed E-state index contributed by atoms with van der Waals surface area (Å²) in [5.41, 5.74) is 9.85. The average Bonchev–Trinajstić information content (AvgIpc) is 3.22. The highest BCUT2D eigenvalue weighted by molar-refractivity contribution is 6.90. The van der Waals surface area contributed by atoms with Gasteiger partial charge in [-0.2, -0.15) is 0 Å². The molecule has 0 aromatic heterocycles. The van der Waals surface area contributed by atoms with Crippen LogP contribution in [0.1, 0.15) is 0 Å². The van der Waals surface area contributed by atoms with Crippen LogP contribution >= 0.6 is 0 Å². The molecule has 1 nitrogen and oxygen atoms in total. The fourth-order valence-corrected chi connectivity index (χ4v) is 11.1. The summed E-state index contributed by atoms with van der Waals surface area (Å²) in [6.45, 7) is 7.27. The van der Waals surface area contributed by atoms with Gasteiger partial charge in [0.1, 0.15) is 11.5 Å². The number of hydrogen-bond acceptors (Lipinski definition) is 1. The van der Waals surface area contributed by atoms with Crippen LogP contribution in [0.4, 0.5) is 0 Å². The van der Waals surface area contributed by atoms with Gasteiger partial charge in [-0.1, -0.05) is 183 Å². The largest absolute Gasteiger partial charge is 0.456 e. The van der Waals surface area contributed by atoms with Crippen molar-refractivity contribution in [2.24, 2.45) is 0 Å². The fraction of sp³-hybridized carbons (Fsp3) is 0.0566. The Kier molecular flexibility index (Phi) is 6.99. The van der Waals surface area contributed by atoms with Gasteiger partial charge in [0, 0.05) is 10.9 Å². The summed E-state index contributed by atoms with van der Waals surface area (Å²) < 4.78 is 6.86. The van der Waals surface area contributed by atoms with Crippen LogP contribution in [0, 0.1) is 0 Å². The third-order valence-corrected chi connectivity index (χ3v) is 13.8. The summed E-state index contributed by atoms with van der Waals surface area (Å²) in [6.07, 6.45) is 0. The first-order valence-electron chi connectivity index (χ1n) is 19.3. The highest BCUT2D eigenvalue weighted by Crippen LogP contribution is 2.52. The van der Waals surface area contributed by atoms with Crippen molar-refractivity contribution in [2.75, 3.05) is 0 Å². The molecule has 0 saturated heterocycles. The van der Waals surface area contributed by atoms with E-state index in [9.17, 15) is 0 Å². The molecule has 1 heterocycles. The van der Waals surface area contributed by atoms with Crippen LogP contribution in [-0.2, 0) is 0 Å². The average molecular weight is 719 g/mol. The normalized spacial score (nSPS) is 12.4. The van der Waals surface area contributed by atoms with E-state index >= 15 is 0 Å². The molecule has 0 aliphatic carbocycles. The highest BCUT2D eigenvalue weighted by Gasteiger charge is 2.27. The molecule has 10 aromatic carbocycles. The second kappa shape index (κ2) is 12.0. The van der Waals surface area contributed by atoms with Crippen LogP contribution in [-0.4, -0.2) is 8.07 Å². The molecule has 2 heteroatoms. The first-order chi connectivity index (χ1) is 27.0. The van der Waals surface area contributed by atoms with Gasteiger partial charge in [-0.05, 0) is 106 Å². The van der Waals surface area contributed by atoms with Gasteiger partial charge in [0.2, 0.25) is 0 Å². The zero-order valence-corrected chi connectivity index (χ0v) is 32.2. The van der Waals surface area contributed by atoms with Gasteiger partial charge in [-0.15, -0.1) is 0 Å². The minimum Gasteiger partial charge on any atom is -0.456 e. The molecule has 11 rings (SSSR count). The Labute approximate surface area is 322 Å². The van der Waals surface area contributed by atoms with Crippen molar-refractivity contribution in [1.82, 2.24) is 0 Å². The lowest BCUT2D eigenvalue weighted by Gasteiger charge is -2.26. The van der Waals surface area contributed by atoms with Crippen molar-refractivity contribution in [2.45, 2.75) is 19.6 Å². The summed E-state index contributed by atoms with van der Waals surface area (Å²) in [6, 6.07) is 64.9. The van der Waals surface area contributed by atoms with Crippen LogP contribution in [0.3, 0.4) is 0 Å². The van der Waals surface area contributed by atoms with Crippen LogP contribution < -0.4 is 9.92 Å². The standard InChI is InChI=1S/C53H38OSi/c1-55(2,3)48-31-30-46-51-36(26-15-27-45(48)51)35-29-28-34(32-47(35)54-46)50-39-20-9-13-24-43(39)53(44-25-14-10-21-40(44)50)52-41-22-11-7-18-37(41)49(33-16-5-4-6-17-33)38-19-8-12-23-42(38)52/h4-32H,1-3H3. The van der Waals surface area contributed by atoms with Gasteiger partial charge >= 0.3 is 0 Å². The lowest BCUT2D eigenvalue weighted by molar-refractivity contribution is 0.487. The topological polar surface area (TPSA) is 9.23 Å². The Hall–Kier alpha value is -6.48. The number of fused-ring (bicyclic) bond motifs is 6. The number of hydrogen-bond donors (Lipinski definition) is 0. The van der Waals surface area contributed by atoms with Crippen molar-refractivity contribution in [3.8, 4) is 56.0 Å². The fourth-order valence-electron chi connectivity index (χ4n) is 9.46. The Morgan fingerprint density at radius 3 is 1.29 bits per heavy atom. The van der Waals surface area contributed by atoms with Crippen molar-refractivity contribution in [1.29, 1.82) is 0 Å². The van der Waals surface area contributed by atoms with Gasteiger partial charge in [0.15, 0.2) is 0 Å². The number of ether oxygens (including phenoxy) is 1. The predicted molar refractivity (Wildman–Crippen MR) is 239 cm³/mol. The van der Waals surface area contributed by atoms with E-state index in [1.807, 2.05) is 0 Å². The Morgan fingerprint density at radius 2 is 0.782 bits per heavy atom. The molecule has 0 fully saturated rings. The molecule has 55 heavy (non-hydrogen) atoms. The summed E-state index contributed by atoms with van der Waals surface area (Å²) >= 11 is 0. The van der Waals surface area contributed by atoms with Crippen molar-refractivity contribution in [3.63, 3.8) is 0 Å². The molecule has 0 unspecified atom stereocenters. The minimum absolute atomic E-state index is 0.906. The van der Waals surface area contributed by atoms with E-state index < -0.39 is 8.07 Å². The zero-order valence-electron chi connectivity index (χ0n) is 31.2. The van der Waals surface area contributed by atoms with Gasteiger partial charge in [-0.3, -0.25) is 0 Å². The van der Waals surface area contributed by atoms with Gasteiger partial charge in [-0.25, -0.2) is 0 Å². The Balaban J connectivity index is 1.19. The maximum atomic E-state index is 6.86. The maximum Gasteiger partial charge on any atom is 0.135 e. The smallest absolute Gasteiger partial charge is 0.135 e. The first-order valence-corrected chi connectivity index (χ1v) is 22.8. The summed E-state index contributed by atoms with van der Waals surface area (Å²) in [4.78, 5) is 0. The third-order valence-electron chi connectivity index (χ3n) is 11.8. The van der Waals surface area contributed by atoms with Gasteiger partial charge in [0.25, 0.3) is 0 Å². The second-order valence-corrected chi connectivity index (χ2v) is 21.0. The zero-order chi connectivity index (χ0) is 36.8. The van der Waals surface area contributed by atoms with Crippen molar-refractivity contribution in [3.05, 3.63) is 176 Å². The van der Waals surface area contributed by atoms with Crippen molar-refractivity contribution >= 4 is 67.1 Å². The van der Waals surface area contributed by atoms with E-state index in [1.54, 1.807) is 0 Å². The number of benzene rings is 10. The van der Waals surface area contributed by atoms with Gasteiger partial charge < -0.3 is 4.74 Å². The maximum absolute atomic E-state index is 6.86. The molecule has 0 amide bonds. The summed E-state index contributed by atoms with van der Waals surface area (Å²) in [7, 11) is -1.56. The molecule has 1 aliphatic heterocycles. The minimum atomic E-state index is -1.56. The predicted octanol–water partition coefficient (Wildman–Crippen LogP) is 14.8. The van der Waals surface area contributed by atoms with Crippen LogP contribution in [0.5, 0.6) is 11.5 Å². The molecular weight excluding hydrogens is 681 g/mol. The molecule has 260 valence electrons. The SMILES string of the molecule is C[Si](C)(C)c1ccc2c3c(cccc13)-c1ccc(-c3c4ccccc4c(-c4c5ccccc5c(-c5ccccc5)c5ccccc45)c4ccccc34)cc1O2. The molecular formula is C53H38OSi. The van der Waals surface area contributed by atoms with Gasteiger partial charge in [0.05, 0.1) is 8.07 Å². The third kappa shape index (κ3) is 4.78. The first kappa shape index (κ1) is 32.0. The van der Waals surface area contributed by atoms with E-state index in [0.717, 1.165) is 22.6 Å². The number of rotatable bonds is 4. The van der Waals surface area contributed by atoms with E-state index in [2.05, 4.69) is 196 Å². The molecule has 0 bridgehead atoms. The lowest BCUT2D eigenvalue weighted by atomic mass is 9.81. The monoisotopic (exact) mass is 718 g/mol. The van der Waals surface area contributed by atoms with Crippen molar-refractivity contribution < 1.29 is 4.74 Å². The Morgan fingerprint density at radius 1 is 0.327 bits per heavy atom. The quantitative estimate of drug-likeness (QED) is 0.130. The Bertz CT molecular complexity index is 3090. The van der Waals surface area contributed by atoms with E-state index in [0.29, 0.717) is 0 Å². The van der Waals surface area contributed by atoms with E-state index in [4.69, 9.17) is 4.74 Å². The molecule has 0 saturated carbocycles. The van der Waals surface area contributed by atoms with E-state index in [1.165, 1.54) is 92.4 Å². The lowest BCUT2D eigenvalue weighted by Crippen LogP contribution is -2.38. The highest BCUT2D eigenvalue weighted by atomic mass is 28.3. The summed E-state index contributed by atoms with van der Waals surface area (Å²) in [5.74, 6) is 1.85. The second-order valence-electron chi connectivity index (χ2n) is 16.0.